The minimum Gasteiger partial charge on any atom is -0.457 e. The summed E-state index contributed by atoms with van der Waals surface area (Å²) in [5.41, 5.74) is 8.94. The van der Waals surface area contributed by atoms with Crippen LogP contribution in [0.5, 0.6) is 0 Å². The number of azide groups is 1. The van der Waals surface area contributed by atoms with Crippen LogP contribution in [0.15, 0.2) is 65.8 Å². The van der Waals surface area contributed by atoms with Gasteiger partial charge in [-0.3, -0.25) is 4.79 Å². The Labute approximate surface area is 200 Å². The van der Waals surface area contributed by atoms with Gasteiger partial charge in [-0.2, -0.15) is 0 Å². The lowest BCUT2D eigenvalue weighted by Crippen LogP contribution is -2.68. The van der Waals surface area contributed by atoms with E-state index in [0.29, 0.717) is 0 Å². The van der Waals surface area contributed by atoms with Gasteiger partial charge in [-0.1, -0.05) is 86.5 Å². The number of hydrogen-bond donors (Lipinski definition) is 0. The summed E-state index contributed by atoms with van der Waals surface area (Å²) in [5, 5.41) is 5.65. The van der Waals surface area contributed by atoms with Gasteiger partial charge in [-0.05, 0) is 34.8 Å². The summed E-state index contributed by atoms with van der Waals surface area (Å²) in [4.78, 5) is 15.5. The van der Waals surface area contributed by atoms with Gasteiger partial charge in [-0.25, -0.2) is 0 Å². The van der Waals surface area contributed by atoms with Gasteiger partial charge in [0.1, 0.15) is 12.2 Å². The molecule has 2 aliphatic rings. The van der Waals surface area contributed by atoms with Gasteiger partial charge in [0, 0.05) is 4.91 Å². The highest BCUT2D eigenvalue weighted by atomic mass is 28.4. The number of nitrogens with zero attached hydrogens (tertiary/aromatic N) is 3. The summed E-state index contributed by atoms with van der Waals surface area (Å²) in [7, 11) is -2.84. The Morgan fingerprint density at radius 2 is 1.53 bits per heavy atom. The Bertz CT molecular complexity index is 1030. The van der Waals surface area contributed by atoms with E-state index in [1.54, 1.807) is 13.8 Å². The lowest BCUT2D eigenvalue weighted by atomic mass is 9.99. The third-order valence-corrected chi connectivity index (χ3v) is 11.4. The van der Waals surface area contributed by atoms with Crippen LogP contribution in [0.25, 0.3) is 10.4 Å². The third kappa shape index (κ3) is 4.37. The number of carbonyl (C=O) groups is 1. The maximum Gasteiger partial charge on any atom is 0.318 e. The van der Waals surface area contributed by atoms with Gasteiger partial charge in [0.15, 0.2) is 17.9 Å². The van der Waals surface area contributed by atoms with E-state index in [2.05, 4.69) is 55.1 Å². The van der Waals surface area contributed by atoms with E-state index in [-0.39, 0.29) is 11.6 Å². The van der Waals surface area contributed by atoms with Crippen LogP contribution in [0.1, 0.15) is 34.6 Å². The van der Waals surface area contributed by atoms with Crippen LogP contribution < -0.4 is 10.4 Å². The highest BCUT2D eigenvalue weighted by Gasteiger charge is 2.57. The Morgan fingerprint density at radius 3 is 2.03 bits per heavy atom. The molecule has 2 heterocycles. The molecular weight excluding hydrogens is 450 g/mol. The second-order valence-electron chi connectivity index (χ2n) is 10.2. The van der Waals surface area contributed by atoms with Crippen molar-refractivity contribution in [2.75, 3.05) is 6.61 Å². The first kappa shape index (κ1) is 24.4. The molecule has 0 aromatic heterocycles. The number of ether oxygens (including phenoxy) is 3. The summed E-state index contributed by atoms with van der Waals surface area (Å²) in [6.45, 7) is 10.2. The molecule has 0 amide bonds. The van der Waals surface area contributed by atoms with Crippen molar-refractivity contribution in [2.45, 2.75) is 69.8 Å². The second kappa shape index (κ2) is 9.17. The molecular formula is C25H31N3O5Si. The molecule has 0 bridgehead atoms. The standard InChI is InChI=1S/C25H31N3O5Si/c1-24(2,3)34(17-12-8-6-9-13-17,18-14-10-7-11-15-18)30-16-19-21-22(33-25(4,5)32-21)20(27-28-26)23(29)31-19/h6-15,19-22H,16H2,1-5H3/t19-,20+,21+,22-/m1/s1. The molecule has 2 saturated heterocycles. The zero-order chi connectivity index (χ0) is 24.6. The average molecular weight is 482 g/mol. The molecule has 0 saturated carbocycles. The van der Waals surface area contributed by atoms with Gasteiger partial charge >= 0.3 is 5.97 Å². The molecule has 34 heavy (non-hydrogen) atoms. The normalized spacial score (nSPS) is 26.3. The second-order valence-corrected chi connectivity index (χ2v) is 14.5. The summed E-state index contributed by atoms with van der Waals surface area (Å²) in [6, 6.07) is 19.4. The predicted octanol–water partition coefficient (Wildman–Crippen LogP) is 3.69. The molecule has 0 N–H and O–H groups in total. The van der Waals surface area contributed by atoms with E-state index < -0.39 is 44.4 Å². The minimum absolute atomic E-state index is 0.128. The van der Waals surface area contributed by atoms with Gasteiger partial charge in [-0.15, -0.1) is 0 Å². The van der Waals surface area contributed by atoms with E-state index in [4.69, 9.17) is 24.2 Å². The monoisotopic (exact) mass is 481 g/mol. The van der Waals surface area contributed by atoms with Crippen LogP contribution in [0.4, 0.5) is 0 Å². The van der Waals surface area contributed by atoms with Crippen LogP contribution in [0, 0.1) is 0 Å². The fourth-order valence-electron chi connectivity index (χ4n) is 5.04. The molecule has 0 radical (unpaired) electrons. The fourth-order valence-corrected chi connectivity index (χ4v) is 9.60. The quantitative estimate of drug-likeness (QED) is 0.206. The lowest BCUT2D eigenvalue weighted by molar-refractivity contribution is -0.175. The van der Waals surface area contributed by atoms with Crippen LogP contribution >= 0.6 is 0 Å². The van der Waals surface area contributed by atoms with Crippen molar-refractivity contribution in [1.82, 2.24) is 0 Å². The average Bonchev–Trinajstić information content (AvgIpc) is 3.12. The number of rotatable bonds is 6. The summed E-state index contributed by atoms with van der Waals surface area (Å²) in [6.07, 6.45) is -2.05. The molecule has 4 rings (SSSR count). The molecule has 8 nitrogen and oxygen atoms in total. The lowest BCUT2D eigenvalue weighted by Gasteiger charge is -2.44. The molecule has 2 aliphatic heterocycles. The van der Waals surface area contributed by atoms with E-state index in [1.807, 2.05) is 36.4 Å². The number of esters is 1. The van der Waals surface area contributed by atoms with Crippen molar-refractivity contribution in [2.24, 2.45) is 5.11 Å². The number of hydrogen-bond acceptors (Lipinski definition) is 6. The maximum absolute atomic E-state index is 12.7. The van der Waals surface area contributed by atoms with Gasteiger partial charge in [0.05, 0.1) is 6.61 Å². The van der Waals surface area contributed by atoms with Gasteiger partial charge < -0.3 is 18.6 Å². The summed E-state index contributed by atoms with van der Waals surface area (Å²) >= 11 is 0. The van der Waals surface area contributed by atoms with Crippen LogP contribution in [0.2, 0.25) is 5.04 Å². The van der Waals surface area contributed by atoms with Gasteiger partial charge in [0.2, 0.25) is 0 Å². The van der Waals surface area contributed by atoms with Crippen LogP contribution in [0.3, 0.4) is 0 Å². The summed E-state index contributed by atoms with van der Waals surface area (Å²) in [5.74, 6) is -1.57. The molecule has 0 unspecified atom stereocenters. The zero-order valence-corrected chi connectivity index (χ0v) is 21.2. The van der Waals surface area contributed by atoms with Crippen molar-refractivity contribution >= 4 is 24.7 Å². The number of carbonyl (C=O) groups excluding carboxylic acids is 1. The van der Waals surface area contributed by atoms with Crippen molar-refractivity contribution in [3.8, 4) is 0 Å². The van der Waals surface area contributed by atoms with Crippen molar-refractivity contribution < 1.29 is 23.4 Å². The van der Waals surface area contributed by atoms with Crippen molar-refractivity contribution in [3.63, 3.8) is 0 Å². The van der Waals surface area contributed by atoms with Crippen LogP contribution in [-0.2, 0) is 23.4 Å². The number of cyclic esters (lactones) is 1. The molecule has 4 atom stereocenters. The molecule has 9 heteroatoms. The summed E-state index contributed by atoms with van der Waals surface area (Å²) < 4.78 is 24.7. The molecule has 2 aromatic carbocycles. The Morgan fingerprint density at radius 1 is 1.00 bits per heavy atom. The van der Waals surface area contributed by atoms with Crippen molar-refractivity contribution in [1.29, 1.82) is 0 Å². The van der Waals surface area contributed by atoms with E-state index in [1.165, 1.54) is 0 Å². The largest absolute Gasteiger partial charge is 0.457 e. The molecule has 2 aromatic rings. The number of fused-ring (bicyclic) bond motifs is 1. The first-order valence-electron chi connectivity index (χ1n) is 11.4. The SMILES string of the molecule is CC1(C)O[C@@H]2[C@H](O1)[C@H](N=[N+]=[N-])C(=O)O[C@@H]2CO[Si](c1ccccc1)(c1ccccc1)C(C)(C)C. The molecule has 2 fully saturated rings. The van der Waals surface area contributed by atoms with E-state index in [0.717, 1.165) is 10.4 Å². The van der Waals surface area contributed by atoms with E-state index >= 15 is 0 Å². The fraction of sp³-hybridized carbons (Fsp3) is 0.480. The van der Waals surface area contributed by atoms with Crippen molar-refractivity contribution in [3.05, 3.63) is 71.1 Å². The van der Waals surface area contributed by atoms with E-state index in [9.17, 15) is 4.79 Å². The minimum atomic E-state index is -2.84. The van der Waals surface area contributed by atoms with Gasteiger partial charge in [0.25, 0.3) is 8.32 Å². The molecule has 180 valence electrons. The third-order valence-electron chi connectivity index (χ3n) is 6.41. The Hall–Kier alpha value is -2.68. The highest BCUT2D eigenvalue weighted by Crippen LogP contribution is 2.40. The Kier molecular flexibility index (Phi) is 6.59. The first-order chi connectivity index (χ1) is 16.1. The first-order valence-corrected chi connectivity index (χ1v) is 13.4. The molecule has 0 aliphatic carbocycles. The topological polar surface area (TPSA) is 103 Å². The smallest absolute Gasteiger partial charge is 0.318 e. The zero-order valence-electron chi connectivity index (χ0n) is 20.2. The molecule has 0 spiro atoms. The van der Waals surface area contributed by atoms with Crippen LogP contribution in [-0.4, -0.2) is 51.0 Å². The highest BCUT2D eigenvalue weighted by molar-refractivity contribution is 6.99. The predicted molar refractivity (Wildman–Crippen MR) is 130 cm³/mol. The maximum atomic E-state index is 12.7. The number of benzene rings is 2. The Balaban J connectivity index is 1.72.